The lowest BCUT2D eigenvalue weighted by atomic mass is 9.86. The molecule has 1 aliphatic carbocycles. The second-order valence-electron chi connectivity index (χ2n) is 4.97. The average molecular weight is 231 g/mol. The highest BCUT2D eigenvalue weighted by Crippen LogP contribution is 2.27. The highest BCUT2D eigenvalue weighted by molar-refractivity contribution is 5.72. The van der Waals surface area contributed by atoms with E-state index in [0.717, 1.165) is 30.9 Å². The maximum absolute atomic E-state index is 11.0. The summed E-state index contributed by atoms with van der Waals surface area (Å²) >= 11 is 0. The lowest BCUT2D eigenvalue weighted by molar-refractivity contribution is 0.111. The number of nitrogens with zero attached hydrogens (tertiary/aromatic N) is 1. The van der Waals surface area contributed by atoms with Gasteiger partial charge in [0.15, 0.2) is 6.29 Å². The number of hydrogen-bond acceptors (Lipinski definition) is 1. The molecule has 17 heavy (non-hydrogen) atoms. The largest absolute Gasteiger partial charge is 0.339 e. The first-order chi connectivity index (χ1) is 8.35. The molecular weight excluding hydrogens is 210 g/mol. The van der Waals surface area contributed by atoms with E-state index in [1.807, 2.05) is 12.1 Å². The van der Waals surface area contributed by atoms with E-state index >= 15 is 0 Å². The van der Waals surface area contributed by atoms with Gasteiger partial charge in [-0.15, -0.1) is 6.58 Å². The lowest BCUT2D eigenvalue weighted by Gasteiger charge is -2.22. The van der Waals surface area contributed by atoms with Crippen molar-refractivity contribution >= 4 is 6.29 Å². The Kier molecular flexibility index (Phi) is 4.18. The molecule has 1 fully saturated rings. The Bertz CT molecular complexity index is 386. The van der Waals surface area contributed by atoms with E-state index in [0.29, 0.717) is 0 Å². The summed E-state index contributed by atoms with van der Waals surface area (Å²) in [5, 5.41) is 0. The van der Waals surface area contributed by atoms with Crippen molar-refractivity contribution in [3.8, 4) is 0 Å². The highest BCUT2D eigenvalue weighted by Gasteiger charge is 2.16. The molecule has 92 valence electrons. The zero-order chi connectivity index (χ0) is 12.1. The molecule has 0 radical (unpaired) electrons. The first kappa shape index (κ1) is 12.2. The highest BCUT2D eigenvalue weighted by atomic mass is 16.1. The molecule has 1 aromatic heterocycles. The van der Waals surface area contributed by atoms with E-state index in [1.54, 1.807) is 0 Å². The zero-order valence-electron chi connectivity index (χ0n) is 10.4. The van der Waals surface area contributed by atoms with Gasteiger partial charge in [-0.25, -0.2) is 0 Å². The van der Waals surface area contributed by atoms with Crippen LogP contribution in [-0.4, -0.2) is 10.9 Å². The van der Waals surface area contributed by atoms with Crippen LogP contribution in [0.25, 0.3) is 0 Å². The van der Waals surface area contributed by atoms with Crippen molar-refractivity contribution in [2.45, 2.75) is 45.1 Å². The molecule has 1 aromatic rings. The molecule has 0 aliphatic heterocycles. The van der Waals surface area contributed by atoms with Crippen LogP contribution < -0.4 is 0 Å². The average Bonchev–Trinajstić information content (AvgIpc) is 2.74. The standard InChI is InChI=1S/C15H21NO/c1-2-10-16-14(8-9-15(16)12-17)11-13-6-4-3-5-7-13/h2,8-9,12-13H,1,3-7,10-11H2. The summed E-state index contributed by atoms with van der Waals surface area (Å²) in [5.74, 6) is 0.807. The van der Waals surface area contributed by atoms with E-state index in [-0.39, 0.29) is 0 Å². The van der Waals surface area contributed by atoms with Gasteiger partial charge < -0.3 is 4.57 Å². The number of rotatable bonds is 5. The Morgan fingerprint density at radius 1 is 1.29 bits per heavy atom. The van der Waals surface area contributed by atoms with Gasteiger partial charge in [0.05, 0.1) is 5.69 Å². The van der Waals surface area contributed by atoms with Crippen molar-refractivity contribution in [2.24, 2.45) is 5.92 Å². The van der Waals surface area contributed by atoms with E-state index < -0.39 is 0 Å². The van der Waals surface area contributed by atoms with Gasteiger partial charge in [-0.05, 0) is 24.5 Å². The Morgan fingerprint density at radius 3 is 2.71 bits per heavy atom. The Balaban J connectivity index is 2.10. The third-order valence-electron chi connectivity index (χ3n) is 3.76. The molecule has 1 aliphatic rings. The third-order valence-corrected chi connectivity index (χ3v) is 3.76. The third kappa shape index (κ3) is 2.87. The van der Waals surface area contributed by atoms with Gasteiger partial charge in [-0.2, -0.15) is 0 Å². The predicted octanol–water partition coefficient (Wildman–Crippen LogP) is 3.61. The van der Waals surface area contributed by atoms with Crippen LogP contribution in [0.2, 0.25) is 0 Å². The molecule has 1 saturated carbocycles. The van der Waals surface area contributed by atoms with Gasteiger partial charge >= 0.3 is 0 Å². The van der Waals surface area contributed by atoms with Gasteiger partial charge in [0, 0.05) is 12.2 Å². The van der Waals surface area contributed by atoms with Crippen molar-refractivity contribution in [1.29, 1.82) is 0 Å². The van der Waals surface area contributed by atoms with E-state index in [1.165, 1.54) is 37.8 Å². The second kappa shape index (κ2) is 5.85. The molecule has 0 atom stereocenters. The van der Waals surface area contributed by atoms with Gasteiger partial charge in [-0.3, -0.25) is 4.79 Å². The van der Waals surface area contributed by atoms with Crippen molar-refractivity contribution in [2.75, 3.05) is 0 Å². The van der Waals surface area contributed by atoms with Crippen molar-refractivity contribution < 1.29 is 4.79 Å². The van der Waals surface area contributed by atoms with Gasteiger partial charge in [0.25, 0.3) is 0 Å². The van der Waals surface area contributed by atoms with Crippen LogP contribution in [0.4, 0.5) is 0 Å². The first-order valence-corrected chi connectivity index (χ1v) is 6.59. The number of carbonyl (C=O) groups excluding carboxylic acids is 1. The molecule has 2 nitrogen and oxygen atoms in total. The monoisotopic (exact) mass is 231 g/mol. The summed E-state index contributed by atoms with van der Waals surface area (Å²) in [6.07, 6.45) is 10.7. The number of allylic oxidation sites excluding steroid dienone is 1. The zero-order valence-corrected chi connectivity index (χ0v) is 10.4. The van der Waals surface area contributed by atoms with Crippen LogP contribution in [0.15, 0.2) is 24.8 Å². The van der Waals surface area contributed by atoms with Crippen LogP contribution >= 0.6 is 0 Å². The molecule has 2 rings (SSSR count). The van der Waals surface area contributed by atoms with Crippen LogP contribution in [0.1, 0.15) is 48.3 Å². The summed E-state index contributed by atoms with van der Waals surface area (Å²) in [6, 6.07) is 4.02. The molecule has 0 spiro atoms. The van der Waals surface area contributed by atoms with Crippen LogP contribution in [0.3, 0.4) is 0 Å². The molecule has 0 saturated heterocycles. The molecule has 0 N–H and O–H groups in total. The number of carbonyl (C=O) groups is 1. The number of aldehydes is 1. The van der Waals surface area contributed by atoms with Gasteiger partial charge in [0.1, 0.15) is 0 Å². The Labute approximate surface area is 103 Å². The molecule has 0 bridgehead atoms. The van der Waals surface area contributed by atoms with E-state index in [4.69, 9.17) is 0 Å². The predicted molar refractivity (Wildman–Crippen MR) is 70.3 cm³/mol. The van der Waals surface area contributed by atoms with Crippen LogP contribution in [0.5, 0.6) is 0 Å². The summed E-state index contributed by atoms with van der Waals surface area (Å²) in [6.45, 7) is 4.50. The maximum Gasteiger partial charge on any atom is 0.166 e. The molecule has 2 heteroatoms. The minimum atomic E-state index is 0.739. The minimum Gasteiger partial charge on any atom is -0.339 e. The van der Waals surface area contributed by atoms with E-state index in [9.17, 15) is 4.79 Å². The topological polar surface area (TPSA) is 22.0 Å². The molecule has 0 unspecified atom stereocenters. The fraction of sp³-hybridized carbons (Fsp3) is 0.533. The smallest absolute Gasteiger partial charge is 0.166 e. The summed E-state index contributed by atoms with van der Waals surface area (Å²) in [5.41, 5.74) is 2.06. The molecule has 0 amide bonds. The second-order valence-corrected chi connectivity index (χ2v) is 4.97. The first-order valence-electron chi connectivity index (χ1n) is 6.59. The SMILES string of the molecule is C=CCn1c(C=O)ccc1CC1CCCCC1. The normalized spacial score (nSPS) is 16.9. The summed E-state index contributed by atoms with van der Waals surface area (Å²) < 4.78 is 2.09. The van der Waals surface area contributed by atoms with Gasteiger partial charge in [0.2, 0.25) is 0 Å². The summed E-state index contributed by atoms with van der Waals surface area (Å²) in [7, 11) is 0. The van der Waals surface area contributed by atoms with Gasteiger partial charge in [-0.1, -0.05) is 38.2 Å². The van der Waals surface area contributed by atoms with Crippen molar-refractivity contribution in [1.82, 2.24) is 4.57 Å². The van der Waals surface area contributed by atoms with E-state index in [2.05, 4.69) is 17.2 Å². The summed E-state index contributed by atoms with van der Waals surface area (Å²) in [4.78, 5) is 11.0. The number of hydrogen-bond donors (Lipinski definition) is 0. The molecule has 0 aromatic carbocycles. The van der Waals surface area contributed by atoms with Crippen LogP contribution in [-0.2, 0) is 13.0 Å². The van der Waals surface area contributed by atoms with Crippen molar-refractivity contribution in [3.05, 3.63) is 36.2 Å². The molecule has 1 heterocycles. The Morgan fingerprint density at radius 2 is 2.06 bits per heavy atom. The molecular formula is C15H21NO. The lowest BCUT2D eigenvalue weighted by Crippen LogP contribution is -2.13. The maximum atomic E-state index is 11.0. The fourth-order valence-electron chi connectivity index (χ4n) is 2.85. The minimum absolute atomic E-state index is 0.739. The van der Waals surface area contributed by atoms with Crippen LogP contribution in [0, 0.1) is 5.92 Å². The van der Waals surface area contributed by atoms with Crippen molar-refractivity contribution in [3.63, 3.8) is 0 Å². The quantitative estimate of drug-likeness (QED) is 0.560. The fourth-order valence-corrected chi connectivity index (χ4v) is 2.85. The number of aromatic nitrogens is 1. The Hall–Kier alpha value is -1.31.